The molecule has 3 rings (SSSR count). The van der Waals surface area contributed by atoms with Crippen LogP contribution in [0.4, 0.5) is 11.4 Å². The topological polar surface area (TPSA) is 71.3 Å². The maximum Gasteiger partial charge on any atom is 0.353 e. The van der Waals surface area contributed by atoms with Crippen molar-refractivity contribution >= 4 is 11.4 Å². The van der Waals surface area contributed by atoms with Gasteiger partial charge in [0.1, 0.15) is 18.1 Å². The highest BCUT2D eigenvalue weighted by atomic mass is 16.5. The maximum atomic E-state index is 11.8. The van der Waals surface area contributed by atoms with Gasteiger partial charge in [0.2, 0.25) is 17.4 Å². The van der Waals surface area contributed by atoms with E-state index in [9.17, 15) is 4.79 Å². The van der Waals surface area contributed by atoms with Crippen molar-refractivity contribution in [1.29, 1.82) is 0 Å². The van der Waals surface area contributed by atoms with Gasteiger partial charge >= 0.3 is 5.69 Å². The molecule has 0 saturated carbocycles. The monoisotopic (exact) mass is 402 g/mol. The average Bonchev–Trinajstić information content (AvgIpc) is 2.75. The van der Waals surface area contributed by atoms with Gasteiger partial charge in [0, 0.05) is 7.05 Å². The third-order valence-electron chi connectivity index (χ3n) is 4.33. The summed E-state index contributed by atoms with van der Waals surface area (Å²) < 4.78 is 17.8. The van der Waals surface area contributed by atoms with E-state index >= 15 is 0 Å². The van der Waals surface area contributed by atoms with Crippen molar-refractivity contribution in [2.45, 2.75) is 13.5 Å². The lowest BCUT2D eigenvalue weighted by Gasteiger charge is -2.12. The molecule has 3 aromatic rings. The third-order valence-corrected chi connectivity index (χ3v) is 4.33. The van der Waals surface area contributed by atoms with Gasteiger partial charge in [-0.25, -0.2) is 14.5 Å². The first-order chi connectivity index (χ1) is 14.4. The normalized spacial score (nSPS) is 10.0. The molecule has 0 aliphatic heterocycles. The van der Waals surface area contributed by atoms with Crippen LogP contribution in [0.15, 0.2) is 47.3 Å². The van der Waals surface area contributed by atoms with Crippen molar-refractivity contribution in [2.75, 3.05) is 7.11 Å². The van der Waals surface area contributed by atoms with Gasteiger partial charge < -0.3 is 14.2 Å². The number of aromatic nitrogens is 2. The van der Waals surface area contributed by atoms with Gasteiger partial charge in [-0.05, 0) is 42.3 Å². The van der Waals surface area contributed by atoms with E-state index in [0.717, 1.165) is 5.56 Å². The summed E-state index contributed by atoms with van der Waals surface area (Å²) >= 11 is 0. The molecule has 0 N–H and O–H groups in total. The number of ether oxygens (including phenoxy) is 3. The number of methoxy groups -OCH3 is 1. The van der Waals surface area contributed by atoms with Gasteiger partial charge in [0.05, 0.1) is 26.3 Å². The quantitative estimate of drug-likeness (QED) is 0.565. The highest BCUT2D eigenvalue weighted by molar-refractivity contribution is 5.61. The first-order valence-corrected chi connectivity index (χ1v) is 8.86. The molecular weight excluding hydrogens is 384 g/mol. The molecule has 1 aromatic heterocycles. The lowest BCUT2D eigenvalue weighted by atomic mass is 10.2. The lowest BCUT2D eigenvalue weighted by molar-refractivity contribution is 0.284. The van der Waals surface area contributed by atoms with Crippen LogP contribution in [0.2, 0.25) is 0 Å². The van der Waals surface area contributed by atoms with E-state index in [0.29, 0.717) is 34.3 Å². The molecule has 0 aliphatic carbocycles. The molecule has 0 spiro atoms. The summed E-state index contributed by atoms with van der Waals surface area (Å²) in [7, 11) is 3.01. The van der Waals surface area contributed by atoms with Crippen LogP contribution < -0.4 is 19.9 Å². The molecule has 2 aromatic carbocycles. The summed E-state index contributed by atoms with van der Waals surface area (Å²) in [6, 6.07) is 11.8. The van der Waals surface area contributed by atoms with Crippen molar-refractivity contribution in [2.24, 2.45) is 7.05 Å². The summed E-state index contributed by atoms with van der Waals surface area (Å²) in [4.78, 5) is 22.6. The van der Waals surface area contributed by atoms with Gasteiger partial charge in [-0.1, -0.05) is 12.1 Å². The molecule has 8 heteroatoms. The van der Waals surface area contributed by atoms with Crippen LogP contribution in [0.5, 0.6) is 23.3 Å². The van der Waals surface area contributed by atoms with E-state index in [1.54, 1.807) is 43.4 Å². The molecule has 0 bridgehead atoms. The standard InChI is InChI=1S/C22H18N4O4/c1-14-10-16(7-8-17(14)23-2)30-19-9-6-15(11-18(19)24-3)13-29-20-12-21(28-5)26(4)22(27)25-20/h6-12H,13H2,1,4-5H3. The highest BCUT2D eigenvalue weighted by Crippen LogP contribution is 2.34. The molecule has 0 radical (unpaired) electrons. The molecule has 0 saturated heterocycles. The van der Waals surface area contributed by atoms with Crippen molar-refractivity contribution in [3.05, 3.63) is 86.9 Å². The first kappa shape index (κ1) is 20.4. The fourth-order valence-corrected chi connectivity index (χ4v) is 2.70. The second kappa shape index (κ2) is 8.80. The lowest BCUT2D eigenvalue weighted by Crippen LogP contribution is -2.21. The Balaban J connectivity index is 1.77. The third kappa shape index (κ3) is 4.40. The van der Waals surface area contributed by atoms with Gasteiger partial charge in [0.15, 0.2) is 5.69 Å². The number of hydrogen-bond acceptors (Lipinski definition) is 5. The zero-order chi connectivity index (χ0) is 21.7. The van der Waals surface area contributed by atoms with Gasteiger partial charge in [-0.3, -0.25) is 4.57 Å². The second-order valence-corrected chi connectivity index (χ2v) is 6.34. The minimum atomic E-state index is -0.491. The van der Waals surface area contributed by atoms with Crippen LogP contribution in [0.1, 0.15) is 11.1 Å². The van der Waals surface area contributed by atoms with Crippen LogP contribution in [0.25, 0.3) is 9.69 Å². The summed E-state index contributed by atoms with van der Waals surface area (Å²) in [6.45, 7) is 16.5. The molecule has 1 heterocycles. The molecule has 0 fully saturated rings. The zero-order valence-electron chi connectivity index (χ0n) is 16.7. The molecule has 0 unspecified atom stereocenters. The van der Waals surface area contributed by atoms with Gasteiger partial charge in [-0.2, -0.15) is 4.98 Å². The SMILES string of the molecule is [C-]#[N+]c1ccc(Oc2ccc(COc3cc(OC)n(C)c(=O)n3)cc2[N+]#[C-])cc1C. The van der Waals surface area contributed by atoms with Crippen LogP contribution in [0.3, 0.4) is 0 Å². The van der Waals surface area contributed by atoms with E-state index < -0.39 is 5.69 Å². The molecule has 0 amide bonds. The van der Waals surface area contributed by atoms with E-state index in [4.69, 9.17) is 27.4 Å². The smallest absolute Gasteiger partial charge is 0.353 e. The molecule has 0 aliphatic rings. The van der Waals surface area contributed by atoms with Crippen LogP contribution in [-0.4, -0.2) is 16.7 Å². The number of aryl methyl sites for hydroxylation is 1. The number of benzene rings is 2. The largest absolute Gasteiger partial charge is 0.482 e. The first-order valence-electron chi connectivity index (χ1n) is 8.86. The summed E-state index contributed by atoms with van der Waals surface area (Å²) in [5.41, 5.74) is 1.90. The average molecular weight is 402 g/mol. The highest BCUT2D eigenvalue weighted by Gasteiger charge is 2.10. The Labute approximate surface area is 173 Å². The van der Waals surface area contributed by atoms with E-state index in [1.807, 2.05) is 6.92 Å². The number of hydrogen-bond donors (Lipinski definition) is 0. The van der Waals surface area contributed by atoms with Crippen molar-refractivity contribution in [1.82, 2.24) is 9.55 Å². The Morgan fingerprint density at radius 3 is 2.50 bits per heavy atom. The van der Waals surface area contributed by atoms with Crippen LogP contribution in [0, 0.1) is 20.1 Å². The molecular formula is C22H18N4O4. The Bertz CT molecular complexity index is 1240. The maximum absolute atomic E-state index is 11.8. The second-order valence-electron chi connectivity index (χ2n) is 6.34. The molecule has 0 atom stereocenters. The zero-order valence-corrected chi connectivity index (χ0v) is 16.7. The van der Waals surface area contributed by atoms with Crippen LogP contribution >= 0.6 is 0 Å². The molecule has 8 nitrogen and oxygen atoms in total. The van der Waals surface area contributed by atoms with E-state index in [-0.39, 0.29) is 12.5 Å². The Kier molecular flexibility index (Phi) is 6.00. The van der Waals surface area contributed by atoms with Crippen molar-refractivity contribution in [3.8, 4) is 23.3 Å². The fourth-order valence-electron chi connectivity index (χ4n) is 2.70. The van der Waals surface area contributed by atoms with Crippen molar-refractivity contribution < 1.29 is 14.2 Å². The summed E-state index contributed by atoms with van der Waals surface area (Å²) in [6.07, 6.45) is 0. The predicted octanol–water partition coefficient (Wildman–Crippen LogP) is 4.57. The minimum absolute atomic E-state index is 0.116. The Morgan fingerprint density at radius 1 is 1.07 bits per heavy atom. The van der Waals surface area contributed by atoms with Crippen molar-refractivity contribution in [3.63, 3.8) is 0 Å². The molecule has 150 valence electrons. The minimum Gasteiger partial charge on any atom is -0.482 e. The number of rotatable bonds is 6. The fraction of sp³-hybridized carbons (Fsp3) is 0.182. The summed E-state index contributed by atoms with van der Waals surface area (Å²) in [5, 5.41) is 0. The summed E-state index contributed by atoms with van der Waals surface area (Å²) in [5.74, 6) is 1.41. The van der Waals surface area contributed by atoms with Crippen LogP contribution in [-0.2, 0) is 13.7 Å². The van der Waals surface area contributed by atoms with Gasteiger partial charge in [-0.15, -0.1) is 0 Å². The van der Waals surface area contributed by atoms with E-state index in [1.165, 1.54) is 17.7 Å². The van der Waals surface area contributed by atoms with Gasteiger partial charge in [0.25, 0.3) is 0 Å². The predicted molar refractivity (Wildman–Crippen MR) is 111 cm³/mol. The Hall–Kier alpha value is -4.30. The van der Waals surface area contributed by atoms with E-state index in [2.05, 4.69) is 14.7 Å². The number of nitrogens with zero attached hydrogens (tertiary/aromatic N) is 4. The molecule has 30 heavy (non-hydrogen) atoms. The Morgan fingerprint density at radius 2 is 1.83 bits per heavy atom.